The van der Waals surface area contributed by atoms with Crippen molar-refractivity contribution in [3.8, 4) is 0 Å². The maximum atomic E-state index is 6.01. The summed E-state index contributed by atoms with van der Waals surface area (Å²) >= 11 is 0. The molecule has 0 bridgehead atoms. The normalized spacial score (nSPS) is 19.8. The van der Waals surface area contributed by atoms with Crippen molar-refractivity contribution in [2.45, 2.75) is 26.3 Å². The van der Waals surface area contributed by atoms with Crippen LogP contribution in [0.4, 0.5) is 0 Å². The molecule has 0 saturated carbocycles. The van der Waals surface area contributed by atoms with Crippen LogP contribution in [0.2, 0.25) is 0 Å². The Labute approximate surface area is 116 Å². The molecule has 1 aliphatic heterocycles. The molecule has 2 heterocycles. The molecule has 0 aromatic carbocycles. The number of aromatic nitrogens is 2. The van der Waals surface area contributed by atoms with Crippen LogP contribution < -0.4 is 5.73 Å². The molecule has 1 aromatic heterocycles. The van der Waals surface area contributed by atoms with E-state index < -0.39 is 0 Å². The summed E-state index contributed by atoms with van der Waals surface area (Å²) in [5.74, 6) is 0. The van der Waals surface area contributed by atoms with Crippen molar-refractivity contribution in [3.05, 3.63) is 17.5 Å². The first-order valence-electron chi connectivity index (χ1n) is 7.32. The Hall–Kier alpha value is -0.910. The van der Waals surface area contributed by atoms with Crippen LogP contribution in [-0.4, -0.2) is 58.8 Å². The lowest BCUT2D eigenvalue weighted by Crippen LogP contribution is -2.49. The number of hydrogen-bond donors (Lipinski definition) is 1. The fraction of sp³-hybridized carbons (Fsp3) is 0.786. The molecule has 0 spiro atoms. The smallest absolute Gasteiger partial charge is 0.0641 e. The number of nitrogens with two attached hydrogens (primary N) is 1. The quantitative estimate of drug-likeness (QED) is 0.854. The van der Waals surface area contributed by atoms with Crippen LogP contribution in [0.15, 0.2) is 6.20 Å². The van der Waals surface area contributed by atoms with E-state index in [2.05, 4.69) is 34.9 Å². The standard InChI is InChI=1S/C14H27N5/c1-4-5-18-6-8-19(9-7-18)14(10-15)13-11-17(3)16-12(13)2/h11,14H,4-10,15H2,1-3H3. The van der Waals surface area contributed by atoms with Gasteiger partial charge in [-0.15, -0.1) is 0 Å². The minimum atomic E-state index is 0.317. The average molecular weight is 265 g/mol. The van der Waals surface area contributed by atoms with E-state index >= 15 is 0 Å². The topological polar surface area (TPSA) is 50.3 Å². The molecular formula is C14H27N5. The van der Waals surface area contributed by atoms with Crippen molar-refractivity contribution < 1.29 is 0 Å². The van der Waals surface area contributed by atoms with E-state index in [-0.39, 0.29) is 0 Å². The molecular weight excluding hydrogens is 238 g/mol. The molecule has 2 rings (SSSR count). The highest BCUT2D eigenvalue weighted by Crippen LogP contribution is 2.23. The first kappa shape index (κ1) is 14.5. The third-order valence-corrected chi connectivity index (χ3v) is 4.02. The van der Waals surface area contributed by atoms with Crippen molar-refractivity contribution >= 4 is 0 Å². The number of nitrogens with zero attached hydrogens (tertiary/aromatic N) is 4. The second-order valence-corrected chi connectivity index (χ2v) is 5.47. The van der Waals surface area contributed by atoms with Crippen LogP contribution in [0.1, 0.15) is 30.6 Å². The zero-order valence-electron chi connectivity index (χ0n) is 12.5. The molecule has 1 atom stereocenters. The lowest BCUT2D eigenvalue weighted by molar-refractivity contribution is 0.0983. The summed E-state index contributed by atoms with van der Waals surface area (Å²) in [5.41, 5.74) is 8.41. The molecule has 1 saturated heterocycles. The summed E-state index contributed by atoms with van der Waals surface area (Å²) < 4.78 is 1.89. The molecule has 0 aliphatic carbocycles. The SMILES string of the molecule is CCCN1CCN(C(CN)c2cn(C)nc2C)CC1. The van der Waals surface area contributed by atoms with E-state index in [0.717, 1.165) is 31.9 Å². The minimum Gasteiger partial charge on any atom is -0.329 e. The van der Waals surface area contributed by atoms with Crippen LogP contribution in [0.25, 0.3) is 0 Å². The van der Waals surface area contributed by atoms with Gasteiger partial charge in [-0.25, -0.2) is 0 Å². The summed E-state index contributed by atoms with van der Waals surface area (Å²) in [4.78, 5) is 5.05. The van der Waals surface area contributed by atoms with Gasteiger partial charge in [0.2, 0.25) is 0 Å². The van der Waals surface area contributed by atoms with Crippen molar-refractivity contribution in [2.75, 3.05) is 39.3 Å². The molecule has 2 N–H and O–H groups in total. The Morgan fingerprint density at radius 2 is 2.00 bits per heavy atom. The molecule has 0 radical (unpaired) electrons. The number of piperazine rings is 1. The predicted octanol–water partition coefficient (Wildman–Crippen LogP) is 0.756. The Balaban J connectivity index is 2.01. The van der Waals surface area contributed by atoms with Gasteiger partial charge in [0.1, 0.15) is 0 Å². The Bertz CT molecular complexity index is 393. The van der Waals surface area contributed by atoms with Crippen LogP contribution in [0, 0.1) is 6.92 Å². The molecule has 5 heteroatoms. The van der Waals surface area contributed by atoms with E-state index in [0.29, 0.717) is 12.6 Å². The molecule has 1 unspecified atom stereocenters. The Morgan fingerprint density at radius 3 is 2.47 bits per heavy atom. The highest BCUT2D eigenvalue weighted by atomic mass is 15.3. The molecule has 1 aromatic rings. The third-order valence-electron chi connectivity index (χ3n) is 4.02. The summed E-state index contributed by atoms with van der Waals surface area (Å²) in [6, 6.07) is 0.317. The number of hydrogen-bond acceptors (Lipinski definition) is 4. The third kappa shape index (κ3) is 3.35. The summed E-state index contributed by atoms with van der Waals surface area (Å²) in [6.45, 7) is 10.7. The second-order valence-electron chi connectivity index (χ2n) is 5.47. The van der Waals surface area contributed by atoms with Gasteiger partial charge in [-0.05, 0) is 19.9 Å². The summed E-state index contributed by atoms with van der Waals surface area (Å²) in [6.07, 6.45) is 3.35. The first-order chi connectivity index (χ1) is 9.15. The van der Waals surface area contributed by atoms with E-state index in [1.165, 1.54) is 18.5 Å². The predicted molar refractivity (Wildman–Crippen MR) is 78.0 cm³/mol. The summed E-state index contributed by atoms with van der Waals surface area (Å²) in [7, 11) is 1.98. The maximum absolute atomic E-state index is 6.01. The zero-order valence-corrected chi connectivity index (χ0v) is 12.5. The molecule has 19 heavy (non-hydrogen) atoms. The van der Waals surface area contributed by atoms with E-state index in [4.69, 9.17) is 5.73 Å². The van der Waals surface area contributed by atoms with Gasteiger partial charge < -0.3 is 10.6 Å². The number of aryl methyl sites for hydroxylation is 2. The van der Waals surface area contributed by atoms with E-state index in [1.807, 2.05) is 11.7 Å². The minimum absolute atomic E-state index is 0.317. The monoisotopic (exact) mass is 265 g/mol. The van der Waals surface area contributed by atoms with Crippen LogP contribution in [0.3, 0.4) is 0 Å². The Morgan fingerprint density at radius 1 is 1.32 bits per heavy atom. The van der Waals surface area contributed by atoms with Crippen LogP contribution in [-0.2, 0) is 7.05 Å². The van der Waals surface area contributed by atoms with Gasteiger partial charge >= 0.3 is 0 Å². The van der Waals surface area contributed by atoms with E-state index in [1.54, 1.807) is 0 Å². The highest BCUT2D eigenvalue weighted by molar-refractivity contribution is 5.20. The fourth-order valence-electron chi connectivity index (χ4n) is 3.03. The lowest BCUT2D eigenvalue weighted by Gasteiger charge is -2.38. The molecule has 1 fully saturated rings. The zero-order chi connectivity index (χ0) is 13.8. The Kier molecular flexibility index (Phi) is 4.96. The summed E-state index contributed by atoms with van der Waals surface area (Å²) in [5, 5.41) is 4.44. The van der Waals surface area contributed by atoms with Gasteiger partial charge in [0.15, 0.2) is 0 Å². The van der Waals surface area contributed by atoms with Gasteiger partial charge in [-0.3, -0.25) is 9.58 Å². The van der Waals surface area contributed by atoms with Crippen molar-refractivity contribution in [1.82, 2.24) is 19.6 Å². The number of rotatable bonds is 5. The van der Waals surface area contributed by atoms with Crippen LogP contribution >= 0.6 is 0 Å². The fourth-order valence-corrected chi connectivity index (χ4v) is 3.03. The molecule has 108 valence electrons. The van der Waals surface area contributed by atoms with E-state index in [9.17, 15) is 0 Å². The van der Waals surface area contributed by atoms with Crippen molar-refractivity contribution in [2.24, 2.45) is 12.8 Å². The first-order valence-corrected chi connectivity index (χ1v) is 7.32. The molecule has 1 aliphatic rings. The average Bonchev–Trinajstić information content (AvgIpc) is 2.72. The van der Waals surface area contributed by atoms with Gasteiger partial charge in [-0.2, -0.15) is 5.10 Å². The lowest BCUT2D eigenvalue weighted by atomic mass is 10.1. The van der Waals surface area contributed by atoms with Gasteiger partial charge in [0, 0.05) is 51.5 Å². The highest BCUT2D eigenvalue weighted by Gasteiger charge is 2.25. The van der Waals surface area contributed by atoms with Gasteiger partial charge in [0.05, 0.1) is 11.7 Å². The second kappa shape index (κ2) is 6.50. The van der Waals surface area contributed by atoms with Crippen molar-refractivity contribution in [3.63, 3.8) is 0 Å². The van der Waals surface area contributed by atoms with Gasteiger partial charge in [-0.1, -0.05) is 6.92 Å². The maximum Gasteiger partial charge on any atom is 0.0641 e. The molecule has 0 amide bonds. The molecule has 5 nitrogen and oxygen atoms in total. The van der Waals surface area contributed by atoms with Crippen LogP contribution in [0.5, 0.6) is 0 Å². The largest absolute Gasteiger partial charge is 0.329 e. The van der Waals surface area contributed by atoms with Gasteiger partial charge in [0.25, 0.3) is 0 Å². The van der Waals surface area contributed by atoms with Crippen molar-refractivity contribution in [1.29, 1.82) is 0 Å².